The normalized spacial score (nSPS) is 29.9. The lowest BCUT2D eigenvalue weighted by Crippen LogP contribution is -2.48. The number of aryl methyl sites for hydroxylation is 1. The molecular formula is C28H33NO. The summed E-state index contributed by atoms with van der Waals surface area (Å²) in [5.74, 6) is 0.926. The van der Waals surface area contributed by atoms with Crippen LogP contribution >= 0.6 is 0 Å². The van der Waals surface area contributed by atoms with E-state index in [0.29, 0.717) is 18.1 Å². The van der Waals surface area contributed by atoms with Crippen LogP contribution in [-0.4, -0.2) is 30.3 Å². The number of rotatable bonds is 5. The quantitative estimate of drug-likeness (QED) is 0.601. The van der Waals surface area contributed by atoms with Gasteiger partial charge in [-0.1, -0.05) is 80.8 Å². The van der Waals surface area contributed by atoms with E-state index in [9.17, 15) is 4.79 Å². The summed E-state index contributed by atoms with van der Waals surface area (Å²) in [6, 6.07) is 18.0. The van der Waals surface area contributed by atoms with Crippen LogP contribution in [0.3, 0.4) is 0 Å². The number of carbonyl (C=O) groups excluding carboxylic acids is 1. The number of hydrogen-bond donors (Lipinski definition) is 0. The molecule has 0 N–H and O–H groups in total. The molecule has 0 amide bonds. The summed E-state index contributed by atoms with van der Waals surface area (Å²) in [4.78, 5) is 15.5. The van der Waals surface area contributed by atoms with Crippen molar-refractivity contribution in [3.63, 3.8) is 0 Å². The third-order valence-electron chi connectivity index (χ3n) is 8.17. The molecule has 5 rings (SSSR count). The van der Waals surface area contributed by atoms with Gasteiger partial charge < -0.3 is 0 Å². The summed E-state index contributed by atoms with van der Waals surface area (Å²) < 4.78 is 0. The van der Waals surface area contributed by atoms with Gasteiger partial charge in [0.2, 0.25) is 0 Å². The molecule has 3 aliphatic carbocycles. The van der Waals surface area contributed by atoms with Gasteiger partial charge in [0, 0.05) is 6.42 Å². The number of hydrogen-bond acceptors (Lipinski definition) is 2. The molecule has 0 radical (unpaired) electrons. The standard InChI is InChI=1S/C28H33NO/c1-4-7-20-9-11-21(12-10-20)22-13-15-23(16-14-22)24-18-27-17-6-5-8-25(27)28(24,29(2)3)19-26(27)30/h9-16,18,25H,4-8,17,19H2,1-3H3/t25?,27-,28+/m0/s1. The number of benzene rings is 2. The summed E-state index contributed by atoms with van der Waals surface area (Å²) in [5, 5.41) is 0. The first-order valence-corrected chi connectivity index (χ1v) is 11.6. The molecule has 0 aromatic heterocycles. The zero-order valence-electron chi connectivity index (χ0n) is 18.6. The van der Waals surface area contributed by atoms with Crippen LogP contribution in [0.2, 0.25) is 0 Å². The second-order valence-corrected chi connectivity index (χ2v) is 9.84. The van der Waals surface area contributed by atoms with Crippen LogP contribution in [0.1, 0.15) is 56.6 Å². The predicted molar refractivity (Wildman–Crippen MR) is 124 cm³/mol. The first-order valence-electron chi connectivity index (χ1n) is 11.6. The maximum atomic E-state index is 13.1. The average Bonchev–Trinajstić information content (AvgIpc) is 3.21. The highest BCUT2D eigenvalue weighted by Gasteiger charge is 2.68. The van der Waals surface area contributed by atoms with Crippen molar-refractivity contribution in [2.75, 3.05) is 14.1 Å². The Bertz CT molecular complexity index is 984. The topological polar surface area (TPSA) is 20.3 Å². The Labute approximate surface area is 181 Å². The Morgan fingerprint density at radius 3 is 2.20 bits per heavy atom. The summed E-state index contributed by atoms with van der Waals surface area (Å²) in [5.41, 5.74) is 6.29. The molecule has 2 aromatic carbocycles. The first kappa shape index (κ1) is 19.8. The molecule has 2 heteroatoms. The molecule has 0 aliphatic heterocycles. The Hall–Kier alpha value is -2.19. The van der Waals surface area contributed by atoms with E-state index in [2.05, 4.69) is 80.5 Å². The van der Waals surface area contributed by atoms with E-state index in [-0.39, 0.29) is 11.0 Å². The van der Waals surface area contributed by atoms with Gasteiger partial charge in [0.05, 0.1) is 11.0 Å². The molecule has 2 fully saturated rings. The van der Waals surface area contributed by atoms with Crippen LogP contribution < -0.4 is 0 Å². The fourth-order valence-corrected chi connectivity index (χ4v) is 6.69. The van der Waals surface area contributed by atoms with Crippen molar-refractivity contribution in [2.45, 2.75) is 57.4 Å². The monoisotopic (exact) mass is 399 g/mol. The number of likely N-dealkylation sites (N-methyl/N-ethyl adjacent to an activating group) is 1. The summed E-state index contributed by atoms with van der Waals surface area (Å²) in [6.45, 7) is 2.22. The van der Waals surface area contributed by atoms with Crippen molar-refractivity contribution < 1.29 is 4.79 Å². The van der Waals surface area contributed by atoms with Crippen molar-refractivity contribution in [2.24, 2.45) is 11.3 Å². The third kappa shape index (κ3) is 2.69. The van der Waals surface area contributed by atoms with E-state index in [1.54, 1.807) is 0 Å². The van der Waals surface area contributed by atoms with E-state index in [0.717, 1.165) is 12.8 Å². The molecule has 2 bridgehead atoms. The van der Waals surface area contributed by atoms with Crippen LogP contribution in [0, 0.1) is 11.3 Å². The molecule has 30 heavy (non-hydrogen) atoms. The summed E-state index contributed by atoms with van der Waals surface area (Å²) in [7, 11) is 4.34. The molecular weight excluding hydrogens is 366 g/mol. The van der Waals surface area contributed by atoms with Gasteiger partial charge in [-0.3, -0.25) is 9.69 Å². The van der Waals surface area contributed by atoms with Gasteiger partial charge in [-0.05, 0) is 67.1 Å². The van der Waals surface area contributed by atoms with Crippen LogP contribution in [0.25, 0.3) is 16.7 Å². The molecule has 2 aromatic rings. The Kier molecular flexibility index (Phi) is 4.74. The van der Waals surface area contributed by atoms with Gasteiger partial charge in [-0.25, -0.2) is 0 Å². The smallest absolute Gasteiger partial charge is 0.145 e. The molecule has 3 aliphatic rings. The van der Waals surface area contributed by atoms with Gasteiger partial charge in [0.15, 0.2) is 0 Å². The highest BCUT2D eigenvalue weighted by atomic mass is 16.1. The Morgan fingerprint density at radius 1 is 0.933 bits per heavy atom. The second-order valence-electron chi connectivity index (χ2n) is 9.84. The van der Waals surface area contributed by atoms with Gasteiger partial charge in [0.1, 0.15) is 5.78 Å². The highest BCUT2D eigenvalue weighted by molar-refractivity contribution is 6.01. The van der Waals surface area contributed by atoms with Crippen LogP contribution in [0.5, 0.6) is 0 Å². The predicted octanol–water partition coefficient (Wildman–Crippen LogP) is 6.15. The largest absolute Gasteiger partial charge is 0.299 e. The molecule has 3 atom stereocenters. The number of Topliss-reactive ketones (excluding diaryl/α,β-unsaturated/α-hetero) is 1. The van der Waals surface area contributed by atoms with E-state index in [1.165, 1.54) is 53.5 Å². The molecule has 0 spiro atoms. The molecule has 0 saturated heterocycles. The number of allylic oxidation sites excluding steroid dienone is 1. The fraction of sp³-hybridized carbons (Fsp3) is 0.464. The first-order chi connectivity index (χ1) is 14.5. The number of carbonyl (C=O) groups is 1. The molecule has 0 heterocycles. The molecule has 156 valence electrons. The Balaban J connectivity index is 1.50. The summed E-state index contributed by atoms with van der Waals surface area (Å²) in [6.07, 6.45) is 10.0. The zero-order valence-corrected chi connectivity index (χ0v) is 18.6. The molecule has 1 unspecified atom stereocenters. The number of ketones is 1. The van der Waals surface area contributed by atoms with Crippen molar-refractivity contribution in [3.8, 4) is 11.1 Å². The van der Waals surface area contributed by atoms with Crippen LogP contribution in [0.15, 0.2) is 54.6 Å². The lowest BCUT2D eigenvalue weighted by Gasteiger charge is -2.43. The second kappa shape index (κ2) is 7.20. The van der Waals surface area contributed by atoms with Gasteiger partial charge in [-0.2, -0.15) is 0 Å². The van der Waals surface area contributed by atoms with Gasteiger partial charge in [0.25, 0.3) is 0 Å². The minimum Gasteiger partial charge on any atom is -0.299 e. The number of nitrogens with zero attached hydrogens (tertiary/aromatic N) is 1. The minimum atomic E-state index is -0.203. The Morgan fingerprint density at radius 2 is 1.57 bits per heavy atom. The van der Waals surface area contributed by atoms with E-state index < -0.39 is 0 Å². The van der Waals surface area contributed by atoms with Crippen molar-refractivity contribution in [1.29, 1.82) is 0 Å². The van der Waals surface area contributed by atoms with E-state index in [4.69, 9.17) is 0 Å². The highest BCUT2D eigenvalue weighted by Crippen LogP contribution is 2.66. The van der Waals surface area contributed by atoms with Crippen LogP contribution in [-0.2, 0) is 11.2 Å². The van der Waals surface area contributed by atoms with E-state index >= 15 is 0 Å². The van der Waals surface area contributed by atoms with Gasteiger partial charge >= 0.3 is 0 Å². The van der Waals surface area contributed by atoms with E-state index in [1.807, 2.05) is 0 Å². The fourth-order valence-electron chi connectivity index (χ4n) is 6.69. The van der Waals surface area contributed by atoms with Crippen molar-refractivity contribution >= 4 is 11.4 Å². The minimum absolute atomic E-state index is 0.124. The lowest BCUT2D eigenvalue weighted by molar-refractivity contribution is -0.125. The maximum absolute atomic E-state index is 13.1. The van der Waals surface area contributed by atoms with Crippen LogP contribution in [0.4, 0.5) is 0 Å². The maximum Gasteiger partial charge on any atom is 0.145 e. The zero-order chi connectivity index (χ0) is 20.9. The van der Waals surface area contributed by atoms with Gasteiger partial charge in [-0.15, -0.1) is 0 Å². The summed E-state index contributed by atoms with van der Waals surface area (Å²) >= 11 is 0. The lowest BCUT2D eigenvalue weighted by atomic mass is 9.68. The average molecular weight is 400 g/mol. The SMILES string of the molecule is CCCc1ccc(-c2ccc(C3=C[C@@]45CCCCC4[C@@]3(N(C)C)CC5=O)cc2)cc1. The van der Waals surface area contributed by atoms with Crippen molar-refractivity contribution in [3.05, 3.63) is 65.7 Å². The van der Waals surface area contributed by atoms with Crippen molar-refractivity contribution in [1.82, 2.24) is 4.90 Å². The molecule has 2 nitrogen and oxygen atoms in total. The third-order valence-corrected chi connectivity index (χ3v) is 8.17. The molecule has 2 saturated carbocycles.